The smallest absolute Gasteiger partial charge is 0.323 e. The minimum atomic E-state index is -0.995. The van der Waals surface area contributed by atoms with Gasteiger partial charge in [0.15, 0.2) is 0 Å². The number of hydrogen-bond acceptors (Lipinski definition) is 2. The van der Waals surface area contributed by atoms with Crippen LogP contribution in [0.1, 0.15) is 33.3 Å². The Hall–Kier alpha value is -1.84. The van der Waals surface area contributed by atoms with Crippen molar-refractivity contribution in [3.8, 4) is 0 Å². The van der Waals surface area contributed by atoms with Gasteiger partial charge >= 0.3 is 5.97 Å². The first-order valence-electron chi connectivity index (χ1n) is 6.35. The molecule has 4 heteroatoms. The van der Waals surface area contributed by atoms with Crippen molar-refractivity contribution in [2.45, 2.75) is 39.2 Å². The van der Waals surface area contributed by atoms with Crippen molar-refractivity contribution in [3.05, 3.63) is 35.9 Å². The van der Waals surface area contributed by atoms with E-state index in [1.807, 2.05) is 58.0 Å². The molecule has 0 radical (unpaired) electrons. The summed E-state index contributed by atoms with van der Waals surface area (Å²) in [5.41, 5.74) is 0.150. The van der Waals surface area contributed by atoms with Gasteiger partial charge in [0.2, 0.25) is 5.91 Å². The molecule has 0 bridgehead atoms. The average molecular weight is 263 g/mol. The first-order chi connectivity index (χ1) is 8.76. The quantitative estimate of drug-likeness (QED) is 0.886. The van der Waals surface area contributed by atoms with Gasteiger partial charge in [-0.1, -0.05) is 30.3 Å². The molecule has 104 valence electrons. The molecule has 0 unspecified atom stereocenters. The summed E-state index contributed by atoms with van der Waals surface area (Å²) >= 11 is 0. The predicted molar refractivity (Wildman–Crippen MR) is 74.0 cm³/mol. The summed E-state index contributed by atoms with van der Waals surface area (Å²) < 4.78 is 0. The van der Waals surface area contributed by atoms with Crippen LogP contribution in [-0.2, 0) is 15.0 Å². The molecule has 1 amide bonds. The summed E-state index contributed by atoms with van der Waals surface area (Å²) in [6, 6.07) is 9.27. The topological polar surface area (TPSA) is 57.6 Å². The molecule has 0 aliphatic heterocycles. The summed E-state index contributed by atoms with van der Waals surface area (Å²) in [5.74, 6) is -1.16. The zero-order chi connectivity index (χ0) is 14.6. The van der Waals surface area contributed by atoms with E-state index in [1.54, 1.807) is 0 Å². The van der Waals surface area contributed by atoms with E-state index >= 15 is 0 Å². The van der Waals surface area contributed by atoms with E-state index in [0.717, 1.165) is 5.56 Å². The molecule has 4 nitrogen and oxygen atoms in total. The van der Waals surface area contributed by atoms with Gasteiger partial charge in [0, 0.05) is 6.04 Å². The van der Waals surface area contributed by atoms with Gasteiger partial charge in [-0.3, -0.25) is 9.59 Å². The molecule has 1 aromatic rings. The lowest BCUT2D eigenvalue weighted by Crippen LogP contribution is -2.48. The van der Waals surface area contributed by atoms with E-state index in [4.69, 9.17) is 5.11 Å². The van der Waals surface area contributed by atoms with Gasteiger partial charge in [-0.15, -0.1) is 0 Å². The normalized spacial score (nSPS) is 11.4. The monoisotopic (exact) mass is 263 g/mol. The molecule has 0 atom stereocenters. The number of carbonyl (C=O) groups excluding carboxylic acids is 1. The second-order valence-corrected chi connectivity index (χ2v) is 5.41. The number of rotatable bonds is 5. The standard InChI is InChI=1S/C15H21NO3/c1-11(2)16(10-13(17)18)14(19)15(3,4)12-8-6-5-7-9-12/h5-9,11H,10H2,1-4H3,(H,17,18). The zero-order valence-corrected chi connectivity index (χ0v) is 11.9. The minimum Gasteiger partial charge on any atom is -0.480 e. The zero-order valence-electron chi connectivity index (χ0n) is 11.9. The Morgan fingerprint density at radius 2 is 1.74 bits per heavy atom. The molecule has 1 rings (SSSR count). The SMILES string of the molecule is CC(C)N(CC(=O)O)C(=O)C(C)(C)c1ccccc1. The van der Waals surface area contributed by atoms with E-state index in [-0.39, 0.29) is 18.5 Å². The van der Waals surface area contributed by atoms with Crippen LogP contribution in [0.4, 0.5) is 0 Å². The van der Waals surface area contributed by atoms with Crippen molar-refractivity contribution in [2.24, 2.45) is 0 Å². The third-order valence-corrected chi connectivity index (χ3v) is 3.22. The molecular weight excluding hydrogens is 242 g/mol. The summed E-state index contributed by atoms with van der Waals surface area (Å²) in [4.78, 5) is 24.9. The van der Waals surface area contributed by atoms with Crippen LogP contribution in [0.15, 0.2) is 30.3 Å². The van der Waals surface area contributed by atoms with Gasteiger partial charge < -0.3 is 10.0 Å². The molecule has 0 fully saturated rings. The first-order valence-corrected chi connectivity index (χ1v) is 6.35. The lowest BCUT2D eigenvalue weighted by molar-refractivity contribution is -0.148. The fraction of sp³-hybridized carbons (Fsp3) is 0.467. The van der Waals surface area contributed by atoms with E-state index in [1.165, 1.54) is 4.90 Å². The molecule has 0 saturated carbocycles. The Balaban J connectivity index is 3.05. The highest BCUT2D eigenvalue weighted by molar-refractivity contribution is 5.90. The summed E-state index contributed by atoms with van der Waals surface area (Å²) in [6.07, 6.45) is 0. The Kier molecular flexibility index (Phi) is 4.70. The maximum atomic E-state index is 12.6. The molecule has 1 N–H and O–H groups in total. The summed E-state index contributed by atoms with van der Waals surface area (Å²) in [5, 5.41) is 8.92. The Morgan fingerprint density at radius 3 is 2.16 bits per heavy atom. The van der Waals surface area contributed by atoms with Gasteiger partial charge in [-0.2, -0.15) is 0 Å². The van der Waals surface area contributed by atoms with Crippen molar-refractivity contribution in [2.75, 3.05) is 6.54 Å². The molecule has 0 aromatic heterocycles. The van der Waals surface area contributed by atoms with Crippen molar-refractivity contribution < 1.29 is 14.7 Å². The minimum absolute atomic E-state index is 0.147. The van der Waals surface area contributed by atoms with Gasteiger partial charge in [0.1, 0.15) is 6.54 Å². The molecule has 1 aromatic carbocycles. The first kappa shape index (κ1) is 15.2. The van der Waals surface area contributed by atoms with Crippen LogP contribution in [0, 0.1) is 0 Å². The van der Waals surface area contributed by atoms with Crippen LogP contribution < -0.4 is 0 Å². The number of carbonyl (C=O) groups is 2. The summed E-state index contributed by atoms with van der Waals surface area (Å²) in [7, 11) is 0. The van der Waals surface area contributed by atoms with Gasteiger partial charge in [0.25, 0.3) is 0 Å². The molecule has 0 heterocycles. The second kappa shape index (κ2) is 5.87. The number of nitrogens with zero attached hydrogens (tertiary/aromatic N) is 1. The highest BCUT2D eigenvalue weighted by atomic mass is 16.4. The van der Waals surface area contributed by atoms with Crippen LogP contribution >= 0.6 is 0 Å². The van der Waals surface area contributed by atoms with Crippen LogP contribution in [0.2, 0.25) is 0 Å². The third kappa shape index (κ3) is 3.56. The van der Waals surface area contributed by atoms with Gasteiger partial charge in [0.05, 0.1) is 5.41 Å². The van der Waals surface area contributed by atoms with Crippen LogP contribution in [0.25, 0.3) is 0 Å². The second-order valence-electron chi connectivity index (χ2n) is 5.41. The lowest BCUT2D eigenvalue weighted by atomic mass is 9.83. The fourth-order valence-corrected chi connectivity index (χ4v) is 1.97. The van der Waals surface area contributed by atoms with Crippen molar-refractivity contribution in [3.63, 3.8) is 0 Å². The molecular formula is C15H21NO3. The summed E-state index contributed by atoms with van der Waals surface area (Å²) in [6.45, 7) is 7.01. The van der Waals surface area contributed by atoms with Gasteiger partial charge in [-0.25, -0.2) is 0 Å². The molecule has 0 spiro atoms. The lowest BCUT2D eigenvalue weighted by Gasteiger charge is -2.34. The van der Waals surface area contributed by atoms with E-state index < -0.39 is 11.4 Å². The number of hydrogen-bond donors (Lipinski definition) is 1. The number of benzene rings is 1. The Morgan fingerprint density at radius 1 is 1.21 bits per heavy atom. The largest absolute Gasteiger partial charge is 0.480 e. The number of amides is 1. The van der Waals surface area contributed by atoms with Gasteiger partial charge in [-0.05, 0) is 33.3 Å². The number of carboxylic acid groups (broad SMARTS) is 1. The van der Waals surface area contributed by atoms with Crippen LogP contribution in [0.5, 0.6) is 0 Å². The van der Waals surface area contributed by atoms with Crippen LogP contribution in [-0.4, -0.2) is 34.5 Å². The van der Waals surface area contributed by atoms with E-state index in [9.17, 15) is 9.59 Å². The van der Waals surface area contributed by atoms with Crippen molar-refractivity contribution in [1.82, 2.24) is 4.90 Å². The fourth-order valence-electron chi connectivity index (χ4n) is 1.97. The Bertz CT molecular complexity index is 452. The maximum absolute atomic E-state index is 12.6. The average Bonchev–Trinajstić information content (AvgIpc) is 2.35. The van der Waals surface area contributed by atoms with E-state index in [2.05, 4.69) is 0 Å². The predicted octanol–water partition coefficient (Wildman–Crippen LogP) is 2.29. The highest BCUT2D eigenvalue weighted by Crippen LogP contribution is 2.26. The van der Waals surface area contributed by atoms with Crippen molar-refractivity contribution >= 4 is 11.9 Å². The van der Waals surface area contributed by atoms with E-state index in [0.29, 0.717) is 0 Å². The van der Waals surface area contributed by atoms with Crippen molar-refractivity contribution in [1.29, 1.82) is 0 Å². The Labute approximate surface area is 114 Å². The molecule has 0 saturated heterocycles. The third-order valence-electron chi connectivity index (χ3n) is 3.22. The van der Waals surface area contributed by atoms with Crippen LogP contribution in [0.3, 0.4) is 0 Å². The number of carboxylic acids is 1. The number of aliphatic carboxylic acids is 1. The molecule has 0 aliphatic rings. The molecule has 19 heavy (non-hydrogen) atoms. The maximum Gasteiger partial charge on any atom is 0.323 e. The highest BCUT2D eigenvalue weighted by Gasteiger charge is 2.35. The molecule has 0 aliphatic carbocycles.